The third-order valence-corrected chi connectivity index (χ3v) is 5.10. The SMILES string of the molecule is CCC(c1cccc(Cl)c1)N(CC1CC1)CC1CCCN1. The second-order valence-electron chi connectivity index (χ2n) is 6.67. The Morgan fingerprint density at radius 2 is 2.14 bits per heavy atom. The molecule has 1 saturated heterocycles. The van der Waals surface area contributed by atoms with E-state index in [1.54, 1.807) is 0 Å². The standard InChI is InChI=1S/C18H27ClN2/c1-2-18(15-5-3-6-16(19)11-15)21(12-14-8-9-14)13-17-7-4-10-20-17/h3,5-6,11,14,17-18,20H,2,4,7-10,12-13H2,1H3. The van der Waals surface area contributed by atoms with Crippen LogP contribution in [-0.4, -0.2) is 30.6 Å². The molecular weight excluding hydrogens is 280 g/mol. The zero-order valence-electron chi connectivity index (χ0n) is 13.0. The molecule has 1 N–H and O–H groups in total. The minimum Gasteiger partial charge on any atom is -0.313 e. The molecule has 1 aromatic carbocycles. The van der Waals surface area contributed by atoms with Crippen molar-refractivity contribution in [3.05, 3.63) is 34.9 Å². The summed E-state index contributed by atoms with van der Waals surface area (Å²) in [6, 6.07) is 9.63. The summed E-state index contributed by atoms with van der Waals surface area (Å²) in [6.07, 6.45) is 6.64. The van der Waals surface area contributed by atoms with Crippen molar-refractivity contribution in [3.63, 3.8) is 0 Å². The van der Waals surface area contributed by atoms with Crippen LogP contribution in [-0.2, 0) is 0 Å². The lowest BCUT2D eigenvalue weighted by Crippen LogP contribution is -2.40. The Labute approximate surface area is 133 Å². The van der Waals surface area contributed by atoms with Gasteiger partial charge >= 0.3 is 0 Å². The Kier molecular flexibility index (Phi) is 5.20. The summed E-state index contributed by atoms with van der Waals surface area (Å²) in [4.78, 5) is 2.71. The van der Waals surface area contributed by atoms with Crippen LogP contribution in [0.1, 0.15) is 50.6 Å². The molecule has 1 saturated carbocycles. The molecule has 0 amide bonds. The Morgan fingerprint density at radius 3 is 2.76 bits per heavy atom. The van der Waals surface area contributed by atoms with Gasteiger partial charge in [-0.15, -0.1) is 0 Å². The van der Waals surface area contributed by atoms with Gasteiger partial charge in [0.1, 0.15) is 0 Å². The van der Waals surface area contributed by atoms with E-state index >= 15 is 0 Å². The van der Waals surface area contributed by atoms with Gasteiger partial charge in [-0.2, -0.15) is 0 Å². The lowest BCUT2D eigenvalue weighted by atomic mass is 10.0. The summed E-state index contributed by atoms with van der Waals surface area (Å²) in [5.74, 6) is 0.930. The number of hydrogen-bond donors (Lipinski definition) is 1. The van der Waals surface area contributed by atoms with Crippen LogP contribution in [0.2, 0.25) is 5.02 Å². The number of benzene rings is 1. The van der Waals surface area contributed by atoms with Crippen molar-refractivity contribution in [2.24, 2.45) is 5.92 Å². The maximum Gasteiger partial charge on any atom is 0.0409 e. The van der Waals surface area contributed by atoms with Gasteiger partial charge in [0.15, 0.2) is 0 Å². The van der Waals surface area contributed by atoms with Crippen LogP contribution in [0.3, 0.4) is 0 Å². The van der Waals surface area contributed by atoms with Gasteiger partial charge in [0.2, 0.25) is 0 Å². The number of halogens is 1. The van der Waals surface area contributed by atoms with Crippen molar-refractivity contribution in [1.82, 2.24) is 10.2 Å². The Balaban J connectivity index is 1.74. The molecule has 116 valence electrons. The minimum absolute atomic E-state index is 0.506. The van der Waals surface area contributed by atoms with Gasteiger partial charge < -0.3 is 5.32 Å². The molecule has 1 aliphatic carbocycles. The molecule has 1 aromatic rings. The molecule has 1 heterocycles. The van der Waals surface area contributed by atoms with Crippen LogP contribution in [0, 0.1) is 5.92 Å². The second kappa shape index (κ2) is 7.13. The molecule has 2 nitrogen and oxygen atoms in total. The molecule has 2 unspecified atom stereocenters. The predicted octanol–water partition coefficient (Wildman–Crippen LogP) is 4.26. The molecular formula is C18H27ClN2. The average molecular weight is 307 g/mol. The van der Waals surface area contributed by atoms with Crippen molar-refractivity contribution in [1.29, 1.82) is 0 Å². The zero-order valence-corrected chi connectivity index (χ0v) is 13.8. The first-order valence-electron chi connectivity index (χ1n) is 8.49. The van der Waals surface area contributed by atoms with Crippen molar-refractivity contribution < 1.29 is 0 Å². The summed E-state index contributed by atoms with van der Waals surface area (Å²) in [7, 11) is 0. The molecule has 2 atom stereocenters. The smallest absolute Gasteiger partial charge is 0.0409 e. The van der Waals surface area contributed by atoms with Gasteiger partial charge in [0, 0.05) is 30.2 Å². The third-order valence-electron chi connectivity index (χ3n) is 4.87. The molecule has 21 heavy (non-hydrogen) atoms. The molecule has 1 aliphatic heterocycles. The number of rotatable bonds is 7. The lowest BCUT2D eigenvalue weighted by Gasteiger charge is -2.34. The third kappa shape index (κ3) is 4.21. The Morgan fingerprint density at radius 1 is 1.29 bits per heavy atom. The summed E-state index contributed by atoms with van der Waals surface area (Å²) >= 11 is 6.21. The summed E-state index contributed by atoms with van der Waals surface area (Å²) < 4.78 is 0. The van der Waals surface area contributed by atoms with Crippen LogP contribution < -0.4 is 5.32 Å². The molecule has 2 fully saturated rings. The first kappa shape index (κ1) is 15.3. The van der Waals surface area contributed by atoms with Crippen LogP contribution in [0.15, 0.2) is 24.3 Å². The van der Waals surface area contributed by atoms with Gasteiger partial charge in [-0.05, 0) is 62.3 Å². The number of nitrogens with zero attached hydrogens (tertiary/aromatic N) is 1. The monoisotopic (exact) mass is 306 g/mol. The number of hydrogen-bond acceptors (Lipinski definition) is 2. The zero-order chi connectivity index (χ0) is 14.7. The highest BCUT2D eigenvalue weighted by molar-refractivity contribution is 6.30. The fourth-order valence-electron chi connectivity index (χ4n) is 3.58. The quantitative estimate of drug-likeness (QED) is 0.810. The van der Waals surface area contributed by atoms with E-state index in [1.165, 1.54) is 50.9 Å². The molecule has 0 radical (unpaired) electrons. The maximum absolute atomic E-state index is 6.21. The normalized spacial score (nSPS) is 23.7. The van der Waals surface area contributed by atoms with Gasteiger partial charge in [-0.1, -0.05) is 30.7 Å². The first-order valence-corrected chi connectivity index (χ1v) is 8.87. The van der Waals surface area contributed by atoms with Gasteiger partial charge in [-0.3, -0.25) is 4.90 Å². The van der Waals surface area contributed by atoms with E-state index in [0.717, 1.165) is 17.4 Å². The highest BCUT2D eigenvalue weighted by Gasteiger charge is 2.30. The Bertz CT molecular complexity index is 452. The maximum atomic E-state index is 6.21. The van der Waals surface area contributed by atoms with E-state index in [2.05, 4.69) is 35.3 Å². The summed E-state index contributed by atoms with van der Waals surface area (Å²) in [6.45, 7) is 5.92. The van der Waals surface area contributed by atoms with E-state index in [1.807, 2.05) is 6.07 Å². The summed E-state index contributed by atoms with van der Waals surface area (Å²) in [5.41, 5.74) is 1.38. The van der Waals surface area contributed by atoms with E-state index in [0.29, 0.717) is 12.1 Å². The van der Waals surface area contributed by atoms with Crippen LogP contribution in [0.4, 0.5) is 0 Å². The highest BCUT2D eigenvalue weighted by atomic mass is 35.5. The average Bonchev–Trinajstić information content (AvgIpc) is 3.13. The van der Waals surface area contributed by atoms with Crippen molar-refractivity contribution in [2.45, 2.75) is 51.1 Å². The largest absolute Gasteiger partial charge is 0.313 e. The molecule has 3 rings (SSSR count). The highest BCUT2D eigenvalue weighted by Crippen LogP contribution is 2.34. The topological polar surface area (TPSA) is 15.3 Å². The van der Waals surface area contributed by atoms with E-state index in [4.69, 9.17) is 11.6 Å². The van der Waals surface area contributed by atoms with Crippen molar-refractivity contribution in [2.75, 3.05) is 19.6 Å². The van der Waals surface area contributed by atoms with E-state index in [-0.39, 0.29) is 0 Å². The molecule has 0 bridgehead atoms. The van der Waals surface area contributed by atoms with Crippen molar-refractivity contribution in [3.8, 4) is 0 Å². The predicted molar refractivity (Wildman–Crippen MR) is 89.8 cm³/mol. The van der Waals surface area contributed by atoms with Crippen molar-refractivity contribution >= 4 is 11.6 Å². The molecule has 3 heteroatoms. The van der Waals surface area contributed by atoms with Gasteiger partial charge in [-0.25, -0.2) is 0 Å². The van der Waals surface area contributed by atoms with E-state index < -0.39 is 0 Å². The fourth-order valence-corrected chi connectivity index (χ4v) is 3.77. The van der Waals surface area contributed by atoms with Crippen LogP contribution >= 0.6 is 11.6 Å². The summed E-state index contributed by atoms with van der Waals surface area (Å²) in [5, 5.41) is 4.51. The van der Waals surface area contributed by atoms with E-state index in [9.17, 15) is 0 Å². The molecule has 2 aliphatic rings. The first-order chi connectivity index (χ1) is 10.3. The van der Waals surface area contributed by atoms with Gasteiger partial charge in [0.25, 0.3) is 0 Å². The fraction of sp³-hybridized carbons (Fsp3) is 0.667. The molecule has 0 aromatic heterocycles. The van der Waals surface area contributed by atoms with Crippen LogP contribution in [0.5, 0.6) is 0 Å². The van der Waals surface area contributed by atoms with Crippen LogP contribution in [0.25, 0.3) is 0 Å². The van der Waals surface area contributed by atoms with Gasteiger partial charge in [0.05, 0.1) is 0 Å². The number of nitrogens with one attached hydrogen (secondary N) is 1. The second-order valence-corrected chi connectivity index (χ2v) is 7.11. The Hall–Kier alpha value is -0.570. The lowest BCUT2D eigenvalue weighted by molar-refractivity contribution is 0.168. The molecule has 0 spiro atoms. The minimum atomic E-state index is 0.506.